The van der Waals surface area contributed by atoms with Crippen LogP contribution in [0.15, 0.2) is 30.7 Å². The molecule has 162 valence electrons. The number of hydrogen-bond acceptors (Lipinski definition) is 8. The third kappa shape index (κ3) is 3.91. The number of carbonyl (C=O) groups excluding carboxylic acids is 1. The fraction of sp³-hybridized carbons (Fsp3) is 0.435. The number of rotatable bonds is 5. The number of nitrogens with two attached hydrogens (primary N) is 2. The minimum Gasteiger partial charge on any atom is -0.390 e. The SMILES string of the molecule is CN1CC(c2cnc3c(C(=O)Cc4cnccc4N4CCC[C@H](N)C4)c(N)sc3c2)C1. The van der Waals surface area contributed by atoms with Gasteiger partial charge in [0.1, 0.15) is 0 Å². The molecule has 0 unspecified atom stereocenters. The highest BCUT2D eigenvalue weighted by molar-refractivity contribution is 7.23. The Morgan fingerprint density at radius 1 is 1.29 bits per heavy atom. The van der Waals surface area contributed by atoms with Crippen molar-refractivity contribution in [1.82, 2.24) is 14.9 Å². The van der Waals surface area contributed by atoms with Gasteiger partial charge in [-0.25, -0.2) is 0 Å². The first-order valence-corrected chi connectivity index (χ1v) is 11.6. The van der Waals surface area contributed by atoms with Crippen molar-refractivity contribution in [1.29, 1.82) is 0 Å². The Morgan fingerprint density at radius 3 is 2.90 bits per heavy atom. The van der Waals surface area contributed by atoms with E-state index in [1.165, 1.54) is 16.9 Å². The average molecular weight is 437 g/mol. The Hall–Kier alpha value is -2.55. The Labute approximate surface area is 186 Å². The van der Waals surface area contributed by atoms with Gasteiger partial charge in [0.25, 0.3) is 0 Å². The number of Topliss-reactive ketones (excluding diaryl/α,β-unsaturated/α-hetero) is 1. The first-order valence-electron chi connectivity index (χ1n) is 10.8. The highest BCUT2D eigenvalue weighted by Crippen LogP contribution is 2.36. The normalized spacial score (nSPS) is 20.2. The molecule has 1 atom stereocenters. The summed E-state index contributed by atoms with van der Waals surface area (Å²) in [4.78, 5) is 26.8. The number of anilines is 2. The van der Waals surface area contributed by atoms with Crippen LogP contribution in [-0.4, -0.2) is 59.9 Å². The molecule has 0 radical (unpaired) electrons. The van der Waals surface area contributed by atoms with Crippen LogP contribution in [-0.2, 0) is 6.42 Å². The first-order chi connectivity index (χ1) is 15.0. The summed E-state index contributed by atoms with van der Waals surface area (Å²) < 4.78 is 0.987. The number of ketones is 1. The highest BCUT2D eigenvalue weighted by Gasteiger charge is 2.27. The molecule has 0 aromatic carbocycles. The summed E-state index contributed by atoms with van der Waals surface area (Å²) in [6.07, 6.45) is 7.82. The van der Waals surface area contributed by atoms with Gasteiger partial charge in [-0.15, -0.1) is 11.3 Å². The van der Waals surface area contributed by atoms with Gasteiger partial charge in [0.05, 0.1) is 20.8 Å². The molecule has 3 aromatic heterocycles. The topological polar surface area (TPSA) is 101 Å². The summed E-state index contributed by atoms with van der Waals surface area (Å²) >= 11 is 1.46. The fourth-order valence-corrected chi connectivity index (χ4v) is 5.76. The average Bonchev–Trinajstić information content (AvgIpc) is 3.06. The van der Waals surface area contributed by atoms with Crippen LogP contribution >= 0.6 is 11.3 Å². The number of hydrogen-bond donors (Lipinski definition) is 2. The monoisotopic (exact) mass is 436 g/mol. The third-order valence-corrected chi connectivity index (χ3v) is 7.37. The molecular formula is C23H28N6OS. The number of piperidine rings is 1. The van der Waals surface area contributed by atoms with Gasteiger partial charge in [0.15, 0.2) is 5.78 Å². The summed E-state index contributed by atoms with van der Waals surface area (Å²) in [5.41, 5.74) is 16.9. The van der Waals surface area contributed by atoms with Crippen molar-refractivity contribution in [2.75, 3.05) is 43.9 Å². The van der Waals surface area contributed by atoms with Crippen molar-refractivity contribution in [2.45, 2.75) is 31.2 Å². The first kappa shape index (κ1) is 20.4. The van der Waals surface area contributed by atoms with Gasteiger partial charge < -0.3 is 21.3 Å². The lowest BCUT2D eigenvalue weighted by Crippen LogP contribution is -2.43. The number of nitrogens with zero attached hydrogens (tertiary/aromatic N) is 4. The molecule has 31 heavy (non-hydrogen) atoms. The Bertz CT molecular complexity index is 1120. The minimum atomic E-state index is -0.0112. The van der Waals surface area contributed by atoms with E-state index in [9.17, 15) is 4.79 Å². The van der Waals surface area contributed by atoms with E-state index in [0.29, 0.717) is 16.5 Å². The van der Waals surface area contributed by atoms with E-state index in [-0.39, 0.29) is 18.2 Å². The zero-order chi connectivity index (χ0) is 21.5. The van der Waals surface area contributed by atoms with E-state index in [0.717, 1.165) is 60.5 Å². The number of nitrogen functional groups attached to an aromatic ring is 1. The smallest absolute Gasteiger partial charge is 0.172 e. The molecule has 0 aliphatic carbocycles. The lowest BCUT2D eigenvalue weighted by atomic mass is 9.93. The molecule has 4 N–H and O–H groups in total. The molecule has 5 rings (SSSR count). The van der Waals surface area contributed by atoms with Gasteiger partial charge in [0.2, 0.25) is 0 Å². The number of carbonyl (C=O) groups is 1. The zero-order valence-corrected chi connectivity index (χ0v) is 18.6. The Kier molecular flexibility index (Phi) is 5.37. The maximum atomic E-state index is 13.3. The molecule has 0 amide bonds. The molecule has 5 heterocycles. The molecule has 0 spiro atoms. The standard InChI is InChI=1S/C23H28N6OS/c1-28-11-16(12-28)14-8-20-22(27-10-14)21(23(25)31-20)19(30)7-15-9-26-5-4-18(15)29-6-2-3-17(24)13-29/h4-5,8-10,16-17H,2-3,6-7,11-13,24-25H2,1H3/t17-/m0/s1. The fourth-order valence-electron chi connectivity index (χ4n) is 4.77. The van der Waals surface area contributed by atoms with Crippen LogP contribution in [0.25, 0.3) is 10.2 Å². The second kappa shape index (κ2) is 8.18. The summed E-state index contributed by atoms with van der Waals surface area (Å²) in [7, 11) is 2.12. The molecule has 7 nitrogen and oxygen atoms in total. The van der Waals surface area contributed by atoms with Crippen molar-refractivity contribution in [2.24, 2.45) is 5.73 Å². The Balaban J connectivity index is 1.42. The molecule has 2 aliphatic heterocycles. The second-order valence-electron chi connectivity index (χ2n) is 8.83. The molecule has 0 bridgehead atoms. The van der Waals surface area contributed by atoms with E-state index in [4.69, 9.17) is 11.5 Å². The van der Waals surface area contributed by atoms with Crippen molar-refractivity contribution >= 4 is 38.0 Å². The number of likely N-dealkylation sites (N-methyl/N-ethyl adjacent to an activating group) is 1. The van der Waals surface area contributed by atoms with Crippen LogP contribution in [0.4, 0.5) is 10.7 Å². The van der Waals surface area contributed by atoms with Crippen LogP contribution in [0, 0.1) is 0 Å². The predicted octanol–water partition coefficient (Wildman–Crippen LogP) is 2.66. The van der Waals surface area contributed by atoms with E-state index in [2.05, 4.69) is 32.9 Å². The van der Waals surface area contributed by atoms with Crippen LogP contribution in [0.2, 0.25) is 0 Å². The predicted molar refractivity (Wildman–Crippen MR) is 126 cm³/mol. The van der Waals surface area contributed by atoms with Crippen LogP contribution in [0.1, 0.15) is 40.2 Å². The zero-order valence-electron chi connectivity index (χ0n) is 17.8. The number of fused-ring (bicyclic) bond motifs is 1. The van der Waals surface area contributed by atoms with Crippen LogP contribution < -0.4 is 16.4 Å². The molecule has 8 heteroatoms. The van der Waals surface area contributed by atoms with Gasteiger partial charge in [-0.1, -0.05) is 0 Å². The number of likely N-dealkylation sites (tertiary alicyclic amines) is 1. The van der Waals surface area contributed by atoms with Gasteiger partial charge in [-0.05, 0) is 37.6 Å². The number of thiophene rings is 1. The molecule has 2 aliphatic rings. The maximum absolute atomic E-state index is 13.3. The van der Waals surface area contributed by atoms with Crippen molar-refractivity contribution < 1.29 is 4.79 Å². The van der Waals surface area contributed by atoms with Gasteiger partial charge in [0, 0.05) is 74.4 Å². The minimum absolute atomic E-state index is 0.0112. The summed E-state index contributed by atoms with van der Waals surface area (Å²) in [6, 6.07) is 4.30. The van der Waals surface area contributed by atoms with Gasteiger partial charge in [-0.2, -0.15) is 0 Å². The largest absolute Gasteiger partial charge is 0.390 e. The van der Waals surface area contributed by atoms with Crippen molar-refractivity contribution in [3.63, 3.8) is 0 Å². The van der Waals surface area contributed by atoms with E-state index in [1.54, 1.807) is 12.4 Å². The summed E-state index contributed by atoms with van der Waals surface area (Å²) in [6.45, 7) is 3.84. The van der Waals surface area contributed by atoms with E-state index in [1.807, 2.05) is 12.3 Å². The lowest BCUT2D eigenvalue weighted by Gasteiger charge is -2.36. The number of pyridine rings is 2. The van der Waals surface area contributed by atoms with Crippen LogP contribution in [0.5, 0.6) is 0 Å². The second-order valence-corrected chi connectivity index (χ2v) is 9.91. The lowest BCUT2D eigenvalue weighted by molar-refractivity contribution is 0.0995. The molecule has 2 saturated heterocycles. The maximum Gasteiger partial charge on any atom is 0.172 e. The number of aromatic nitrogens is 2. The van der Waals surface area contributed by atoms with Gasteiger partial charge in [-0.3, -0.25) is 14.8 Å². The summed E-state index contributed by atoms with van der Waals surface area (Å²) in [5, 5.41) is 0.542. The third-order valence-electron chi connectivity index (χ3n) is 6.42. The quantitative estimate of drug-likeness (QED) is 0.593. The molecule has 3 aromatic rings. The highest BCUT2D eigenvalue weighted by atomic mass is 32.1. The molecule has 2 fully saturated rings. The van der Waals surface area contributed by atoms with Crippen molar-refractivity contribution in [3.8, 4) is 0 Å². The van der Waals surface area contributed by atoms with Gasteiger partial charge >= 0.3 is 0 Å². The summed E-state index contributed by atoms with van der Waals surface area (Å²) in [5.74, 6) is 0.501. The molecule has 0 saturated carbocycles. The van der Waals surface area contributed by atoms with Crippen LogP contribution in [0.3, 0.4) is 0 Å². The Morgan fingerprint density at radius 2 is 2.13 bits per heavy atom. The molecular weight excluding hydrogens is 408 g/mol. The van der Waals surface area contributed by atoms with Crippen molar-refractivity contribution in [3.05, 3.63) is 47.4 Å². The van der Waals surface area contributed by atoms with E-state index >= 15 is 0 Å². The van der Waals surface area contributed by atoms with E-state index < -0.39 is 0 Å².